The summed E-state index contributed by atoms with van der Waals surface area (Å²) in [4.78, 5) is 11.4. The van der Waals surface area contributed by atoms with Crippen molar-refractivity contribution >= 4 is 11.3 Å². The monoisotopic (exact) mass is 197 g/mol. The van der Waals surface area contributed by atoms with Crippen LogP contribution in [0, 0.1) is 5.92 Å². The summed E-state index contributed by atoms with van der Waals surface area (Å²) in [5.41, 5.74) is 0. The Hall–Kier alpha value is -0.570. The van der Waals surface area contributed by atoms with Crippen LogP contribution in [0.15, 0.2) is 16.4 Å². The van der Waals surface area contributed by atoms with E-state index in [1.807, 2.05) is 16.1 Å². The molecule has 1 fully saturated rings. The molecule has 2 rings (SSSR count). The number of aryl methyl sites for hydroxylation is 1. The molecule has 0 atom stereocenters. The van der Waals surface area contributed by atoms with E-state index >= 15 is 0 Å². The minimum absolute atomic E-state index is 0.193. The van der Waals surface area contributed by atoms with Crippen molar-refractivity contribution in [1.82, 2.24) is 4.57 Å². The van der Waals surface area contributed by atoms with Gasteiger partial charge in [0.05, 0.1) is 0 Å². The second-order valence-electron chi connectivity index (χ2n) is 3.80. The summed E-state index contributed by atoms with van der Waals surface area (Å²) < 4.78 is 1.84. The average molecular weight is 197 g/mol. The van der Waals surface area contributed by atoms with Crippen LogP contribution in [0.3, 0.4) is 0 Å². The lowest BCUT2D eigenvalue weighted by Gasteiger charge is -2.07. The van der Waals surface area contributed by atoms with E-state index in [-0.39, 0.29) is 4.87 Å². The standard InChI is InChI=1S/C10H15NOS/c12-10-11(7-8-13-10)6-5-9-3-1-2-4-9/h7-9H,1-6H2. The third-order valence-corrected chi connectivity index (χ3v) is 3.59. The molecule has 0 spiro atoms. The van der Waals surface area contributed by atoms with E-state index in [0.717, 1.165) is 12.5 Å². The Morgan fingerprint density at radius 2 is 2.23 bits per heavy atom. The molecule has 13 heavy (non-hydrogen) atoms. The number of aromatic nitrogens is 1. The molecule has 0 aromatic carbocycles. The van der Waals surface area contributed by atoms with E-state index in [4.69, 9.17) is 0 Å². The lowest BCUT2D eigenvalue weighted by molar-refractivity contribution is 0.456. The van der Waals surface area contributed by atoms with Gasteiger partial charge >= 0.3 is 4.87 Å². The fourth-order valence-electron chi connectivity index (χ4n) is 2.08. The zero-order valence-electron chi connectivity index (χ0n) is 7.74. The Kier molecular flexibility index (Phi) is 2.83. The Balaban J connectivity index is 1.85. The largest absolute Gasteiger partial charge is 0.307 e. The molecule has 0 amide bonds. The van der Waals surface area contributed by atoms with Crippen molar-refractivity contribution in [3.8, 4) is 0 Å². The summed E-state index contributed by atoms with van der Waals surface area (Å²) in [7, 11) is 0. The van der Waals surface area contributed by atoms with Gasteiger partial charge in [0.1, 0.15) is 0 Å². The van der Waals surface area contributed by atoms with Gasteiger partial charge in [-0.05, 0) is 12.3 Å². The van der Waals surface area contributed by atoms with Crippen molar-refractivity contribution < 1.29 is 0 Å². The maximum atomic E-state index is 11.2. The molecule has 0 N–H and O–H groups in total. The molecular formula is C10H15NOS. The van der Waals surface area contributed by atoms with Crippen molar-refractivity contribution in [2.75, 3.05) is 0 Å². The van der Waals surface area contributed by atoms with Crippen LogP contribution in [-0.4, -0.2) is 4.57 Å². The van der Waals surface area contributed by atoms with Gasteiger partial charge in [-0.2, -0.15) is 0 Å². The van der Waals surface area contributed by atoms with E-state index in [1.54, 1.807) is 0 Å². The van der Waals surface area contributed by atoms with E-state index < -0.39 is 0 Å². The van der Waals surface area contributed by atoms with Crippen LogP contribution >= 0.6 is 11.3 Å². The second-order valence-corrected chi connectivity index (χ2v) is 4.66. The molecule has 0 radical (unpaired) electrons. The van der Waals surface area contributed by atoms with Crippen molar-refractivity contribution in [1.29, 1.82) is 0 Å². The number of thiazole rings is 1. The minimum atomic E-state index is 0.193. The SMILES string of the molecule is O=c1sccn1CCC1CCCC1. The first-order chi connectivity index (χ1) is 6.36. The van der Waals surface area contributed by atoms with Gasteiger partial charge in [0, 0.05) is 18.1 Å². The molecule has 72 valence electrons. The molecule has 1 saturated carbocycles. The number of hydrogen-bond acceptors (Lipinski definition) is 2. The van der Waals surface area contributed by atoms with Gasteiger partial charge in [0.2, 0.25) is 0 Å². The van der Waals surface area contributed by atoms with E-state index in [9.17, 15) is 4.79 Å². The van der Waals surface area contributed by atoms with Crippen LogP contribution in [0.4, 0.5) is 0 Å². The molecule has 3 heteroatoms. The molecule has 1 aromatic heterocycles. The van der Waals surface area contributed by atoms with Crippen LogP contribution in [0.25, 0.3) is 0 Å². The number of rotatable bonds is 3. The molecular weight excluding hydrogens is 182 g/mol. The lowest BCUT2D eigenvalue weighted by Crippen LogP contribution is -2.13. The molecule has 0 unspecified atom stereocenters. The van der Waals surface area contributed by atoms with Gasteiger partial charge in [-0.15, -0.1) is 0 Å². The van der Waals surface area contributed by atoms with Gasteiger partial charge < -0.3 is 4.57 Å². The highest BCUT2D eigenvalue weighted by atomic mass is 32.1. The van der Waals surface area contributed by atoms with Crippen LogP contribution in [-0.2, 0) is 6.54 Å². The predicted molar refractivity (Wildman–Crippen MR) is 55.2 cm³/mol. The smallest absolute Gasteiger partial charge is 0.306 e. The highest BCUT2D eigenvalue weighted by Gasteiger charge is 2.14. The first-order valence-corrected chi connectivity index (χ1v) is 5.88. The fourth-order valence-corrected chi connectivity index (χ4v) is 2.69. The average Bonchev–Trinajstić information content (AvgIpc) is 2.72. The number of hydrogen-bond donors (Lipinski definition) is 0. The predicted octanol–water partition coefficient (Wildman–Crippen LogP) is 2.49. The van der Waals surface area contributed by atoms with E-state index in [2.05, 4.69) is 0 Å². The van der Waals surface area contributed by atoms with E-state index in [1.165, 1.54) is 43.4 Å². The van der Waals surface area contributed by atoms with Crippen LogP contribution in [0.5, 0.6) is 0 Å². The summed E-state index contributed by atoms with van der Waals surface area (Å²) in [6, 6.07) is 0. The van der Waals surface area contributed by atoms with Gasteiger partial charge in [-0.25, -0.2) is 0 Å². The maximum Gasteiger partial charge on any atom is 0.307 e. The summed E-state index contributed by atoms with van der Waals surface area (Å²) in [5.74, 6) is 0.881. The first kappa shape index (κ1) is 9.00. The highest BCUT2D eigenvalue weighted by molar-refractivity contribution is 7.07. The summed E-state index contributed by atoms with van der Waals surface area (Å²) >= 11 is 1.29. The number of nitrogens with zero attached hydrogens (tertiary/aromatic N) is 1. The van der Waals surface area contributed by atoms with Crippen molar-refractivity contribution in [3.05, 3.63) is 21.2 Å². The molecule has 2 nitrogen and oxygen atoms in total. The Bertz CT molecular complexity index is 309. The third kappa shape index (κ3) is 2.21. The lowest BCUT2D eigenvalue weighted by atomic mass is 10.0. The van der Waals surface area contributed by atoms with Crippen molar-refractivity contribution in [2.24, 2.45) is 5.92 Å². The third-order valence-electron chi connectivity index (χ3n) is 2.90. The Morgan fingerprint density at radius 1 is 1.46 bits per heavy atom. The molecule has 0 aliphatic heterocycles. The van der Waals surface area contributed by atoms with Crippen LogP contribution < -0.4 is 4.87 Å². The molecule has 1 aromatic rings. The van der Waals surface area contributed by atoms with Gasteiger partial charge in [0.15, 0.2) is 0 Å². The zero-order valence-corrected chi connectivity index (χ0v) is 8.55. The van der Waals surface area contributed by atoms with Gasteiger partial charge in [-0.1, -0.05) is 37.0 Å². The molecule has 1 heterocycles. The highest BCUT2D eigenvalue weighted by Crippen LogP contribution is 2.27. The first-order valence-electron chi connectivity index (χ1n) is 5.00. The van der Waals surface area contributed by atoms with Crippen molar-refractivity contribution in [2.45, 2.75) is 38.6 Å². The Labute approximate surface area is 82.2 Å². The summed E-state index contributed by atoms with van der Waals surface area (Å²) in [5, 5.41) is 1.87. The molecule has 1 aliphatic rings. The molecule has 0 saturated heterocycles. The van der Waals surface area contributed by atoms with E-state index in [0.29, 0.717) is 0 Å². The van der Waals surface area contributed by atoms with Gasteiger partial charge in [0.25, 0.3) is 0 Å². The quantitative estimate of drug-likeness (QED) is 0.729. The summed E-state index contributed by atoms with van der Waals surface area (Å²) in [6.45, 7) is 0.924. The van der Waals surface area contributed by atoms with Crippen LogP contribution in [0.2, 0.25) is 0 Å². The minimum Gasteiger partial charge on any atom is -0.306 e. The molecule has 0 bridgehead atoms. The van der Waals surface area contributed by atoms with Crippen molar-refractivity contribution in [3.63, 3.8) is 0 Å². The normalized spacial score (nSPS) is 18.2. The topological polar surface area (TPSA) is 22.0 Å². The Morgan fingerprint density at radius 3 is 2.85 bits per heavy atom. The maximum absolute atomic E-state index is 11.2. The van der Waals surface area contributed by atoms with Gasteiger partial charge in [-0.3, -0.25) is 4.79 Å². The summed E-state index contributed by atoms with van der Waals surface area (Å²) in [6.07, 6.45) is 8.63. The van der Waals surface area contributed by atoms with Crippen LogP contribution in [0.1, 0.15) is 32.1 Å². The second kappa shape index (κ2) is 4.09. The molecule has 1 aliphatic carbocycles. The zero-order chi connectivity index (χ0) is 9.10. The fraction of sp³-hybridized carbons (Fsp3) is 0.700.